The van der Waals surface area contributed by atoms with Gasteiger partial charge in [-0.3, -0.25) is 4.79 Å². The van der Waals surface area contributed by atoms with Crippen LogP contribution in [0.25, 0.3) is 0 Å². The summed E-state index contributed by atoms with van der Waals surface area (Å²) < 4.78 is 12.0. The van der Waals surface area contributed by atoms with Crippen LogP contribution in [-0.2, 0) is 6.54 Å². The highest BCUT2D eigenvalue weighted by Gasteiger charge is 2.18. The molecule has 138 valence electrons. The van der Waals surface area contributed by atoms with Crippen LogP contribution >= 0.6 is 0 Å². The summed E-state index contributed by atoms with van der Waals surface area (Å²) in [5.41, 5.74) is 2.63. The van der Waals surface area contributed by atoms with Gasteiger partial charge >= 0.3 is 0 Å². The van der Waals surface area contributed by atoms with Crippen LogP contribution in [0.15, 0.2) is 48.7 Å². The third-order valence-corrected chi connectivity index (χ3v) is 4.22. The Balaban J connectivity index is 1.41. The molecule has 1 aromatic heterocycles. The number of anilines is 1. The highest BCUT2D eigenvalue weighted by Crippen LogP contribution is 2.34. The third kappa shape index (κ3) is 3.75. The zero-order valence-corrected chi connectivity index (χ0v) is 14.6. The number of carbonyl (C=O) groups is 1. The van der Waals surface area contributed by atoms with Gasteiger partial charge in [0.15, 0.2) is 17.2 Å². The maximum atomic E-state index is 12.3. The molecule has 1 atom stereocenters. The molecule has 2 heterocycles. The van der Waals surface area contributed by atoms with Crippen molar-refractivity contribution in [1.29, 1.82) is 0 Å². The fraction of sp³-hybridized carbons (Fsp3) is 0.211. The summed E-state index contributed by atoms with van der Waals surface area (Å²) in [7, 11) is 0. The normalized spacial score (nSPS) is 13.4. The number of nitrogens with zero attached hydrogens (tertiary/aromatic N) is 3. The molecule has 2 aromatic carbocycles. The number of nitrogens with one attached hydrogen (secondary N) is 1. The van der Waals surface area contributed by atoms with Crippen molar-refractivity contribution in [2.45, 2.75) is 19.6 Å². The van der Waals surface area contributed by atoms with E-state index in [1.54, 1.807) is 18.2 Å². The lowest BCUT2D eigenvalue weighted by molar-refractivity contribution is 0.102. The SMILES string of the molecule is Cc1ccc(NC(=O)c2cn(C[C@H](O)c3ccc4c(c3)OCO4)nn2)cc1. The number of aliphatic hydroxyl groups excluding tert-OH is 1. The van der Waals surface area contributed by atoms with E-state index in [9.17, 15) is 9.90 Å². The summed E-state index contributed by atoms with van der Waals surface area (Å²) in [6.45, 7) is 2.31. The van der Waals surface area contributed by atoms with Gasteiger partial charge in [-0.1, -0.05) is 29.0 Å². The van der Waals surface area contributed by atoms with Gasteiger partial charge in [0.25, 0.3) is 5.91 Å². The highest BCUT2D eigenvalue weighted by molar-refractivity contribution is 6.02. The molecule has 8 nitrogen and oxygen atoms in total. The van der Waals surface area contributed by atoms with Crippen LogP contribution in [-0.4, -0.2) is 32.8 Å². The van der Waals surface area contributed by atoms with E-state index >= 15 is 0 Å². The highest BCUT2D eigenvalue weighted by atomic mass is 16.7. The van der Waals surface area contributed by atoms with Crippen LogP contribution in [0.1, 0.15) is 27.7 Å². The van der Waals surface area contributed by atoms with Crippen molar-refractivity contribution in [1.82, 2.24) is 15.0 Å². The minimum absolute atomic E-state index is 0.157. The molecule has 3 aromatic rings. The zero-order valence-electron chi connectivity index (χ0n) is 14.6. The number of ether oxygens (including phenoxy) is 2. The minimum atomic E-state index is -0.825. The Labute approximate surface area is 155 Å². The third-order valence-electron chi connectivity index (χ3n) is 4.22. The Morgan fingerprint density at radius 1 is 1.22 bits per heavy atom. The molecule has 0 bridgehead atoms. The number of hydrogen-bond acceptors (Lipinski definition) is 6. The molecule has 1 aliphatic heterocycles. The molecule has 27 heavy (non-hydrogen) atoms. The van der Waals surface area contributed by atoms with E-state index in [4.69, 9.17) is 9.47 Å². The summed E-state index contributed by atoms with van der Waals surface area (Å²) in [4.78, 5) is 12.3. The fourth-order valence-corrected chi connectivity index (χ4v) is 2.73. The van der Waals surface area contributed by atoms with Crippen molar-refractivity contribution in [3.05, 3.63) is 65.5 Å². The smallest absolute Gasteiger partial charge is 0.277 e. The van der Waals surface area contributed by atoms with E-state index in [1.165, 1.54) is 10.9 Å². The van der Waals surface area contributed by atoms with Crippen molar-refractivity contribution >= 4 is 11.6 Å². The predicted octanol–water partition coefficient (Wildman–Crippen LogP) is 2.30. The molecule has 0 spiro atoms. The first-order valence-electron chi connectivity index (χ1n) is 8.44. The standard InChI is InChI=1S/C19H18N4O4/c1-12-2-5-14(6-3-12)20-19(25)15-9-23(22-21-15)10-16(24)13-4-7-17-18(8-13)27-11-26-17/h2-9,16,24H,10-11H2,1H3,(H,20,25)/t16-/m0/s1. The molecule has 0 fully saturated rings. The average molecular weight is 366 g/mol. The van der Waals surface area contributed by atoms with E-state index in [2.05, 4.69) is 15.6 Å². The Morgan fingerprint density at radius 3 is 2.81 bits per heavy atom. The topological polar surface area (TPSA) is 98.5 Å². The Kier molecular flexibility index (Phi) is 4.47. The lowest BCUT2D eigenvalue weighted by Crippen LogP contribution is -2.12. The number of aryl methyl sites for hydroxylation is 1. The van der Waals surface area contributed by atoms with Crippen LogP contribution in [0.5, 0.6) is 11.5 Å². The van der Waals surface area contributed by atoms with Crippen LogP contribution in [0.3, 0.4) is 0 Å². The second-order valence-corrected chi connectivity index (χ2v) is 6.27. The van der Waals surface area contributed by atoms with Gasteiger partial charge in [-0.2, -0.15) is 0 Å². The minimum Gasteiger partial charge on any atom is -0.454 e. The van der Waals surface area contributed by atoms with E-state index in [0.29, 0.717) is 22.7 Å². The molecular formula is C19H18N4O4. The van der Waals surface area contributed by atoms with Gasteiger partial charge in [-0.15, -0.1) is 5.10 Å². The van der Waals surface area contributed by atoms with Crippen molar-refractivity contribution in [2.75, 3.05) is 12.1 Å². The summed E-state index contributed by atoms with van der Waals surface area (Å²) in [5, 5.41) is 21.0. The maximum Gasteiger partial charge on any atom is 0.277 e. The van der Waals surface area contributed by atoms with E-state index in [1.807, 2.05) is 31.2 Å². The first-order valence-corrected chi connectivity index (χ1v) is 8.44. The Morgan fingerprint density at radius 2 is 2.00 bits per heavy atom. The lowest BCUT2D eigenvalue weighted by Gasteiger charge is -2.11. The second-order valence-electron chi connectivity index (χ2n) is 6.27. The van der Waals surface area contributed by atoms with Gasteiger partial charge in [0, 0.05) is 5.69 Å². The number of aromatic nitrogens is 3. The Bertz CT molecular complexity index is 968. The maximum absolute atomic E-state index is 12.3. The summed E-state index contributed by atoms with van der Waals surface area (Å²) >= 11 is 0. The molecule has 0 aliphatic carbocycles. The van der Waals surface area contributed by atoms with Gasteiger partial charge in [0.1, 0.15) is 0 Å². The molecule has 0 saturated heterocycles. The second kappa shape index (κ2) is 7.08. The van der Waals surface area contributed by atoms with Gasteiger partial charge in [-0.25, -0.2) is 4.68 Å². The molecule has 2 N–H and O–H groups in total. The molecule has 4 rings (SSSR count). The van der Waals surface area contributed by atoms with Crippen LogP contribution < -0.4 is 14.8 Å². The predicted molar refractivity (Wildman–Crippen MR) is 96.7 cm³/mol. The first-order chi connectivity index (χ1) is 13.1. The average Bonchev–Trinajstić information content (AvgIpc) is 3.32. The number of carbonyl (C=O) groups excluding carboxylic acids is 1. The first kappa shape index (κ1) is 17.0. The van der Waals surface area contributed by atoms with Crippen molar-refractivity contribution in [2.24, 2.45) is 0 Å². The molecule has 1 amide bonds. The molecule has 1 aliphatic rings. The van der Waals surface area contributed by atoms with Gasteiger partial charge in [-0.05, 0) is 36.8 Å². The molecule has 0 saturated carbocycles. The van der Waals surface area contributed by atoms with Crippen molar-refractivity contribution < 1.29 is 19.4 Å². The fourth-order valence-electron chi connectivity index (χ4n) is 2.73. The monoisotopic (exact) mass is 366 g/mol. The van der Waals surface area contributed by atoms with Gasteiger partial charge in [0.05, 0.1) is 18.8 Å². The summed E-state index contributed by atoms with van der Waals surface area (Å²) in [5.74, 6) is 0.896. The van der Waals surface area contributed by atoms with Crippen molar-refractivity contribution in [3.8, 4) is 11.5 Å². The van der Waals surface area contributed by atoms with E-state index in [0.717, 1.165) is 5.56 Å². The molecular weight excluding hydrogens is 348 g/mol. The number of amides is 1. The number of hydrogen-bond donors (Lipinski definition) is 2. The summed E-state index contributed by atoms with van der Waals surface area (Å²) in [6, 6.07) is 12.7. The quantitative estimate of drug-likeness (QED) is 0.719. The number of rotatable bonds is 5. The van der Waals surface area contributed by atoms with Crippen LogP contribution in [0, 0.1) is 6.92 Å². The van der Waals surface area contributed by atoms with Gasteiger partial charge in [0.2, 0.25) is 6.79 Å². The number of fused-ring (bicyclic) bond motifs is 1. The lowest BCUT2D eigenvalue weighted by atomic mass is 10.1. The summed E-state index contributed by atoms with van der Waals surface area (Å²) in [6.07, 6.45) is 0.675. The zero-order chi connectivity index (χ0) is 18.8. The largest absolute Gasteiger partial charge is 0.454 e. The number of benzene rings is 2. The molecule has 8 heteroatoms. The van der Waals surface area contributed by atoms with E-state index in [-0.39, 0.29) is 24.9 Å². The van der Waals surface area contributed by atoms with Crippen LogP contribution in [0.4, 0.5) is 5.69 Å². The molecule has 0 unspecified atom stereocenters. The Hall–Kier alpha value is -3.39. The van der Waals surface area contributed by atoms with E-state index < -0.39 is 6.10 Å². The number of aliphatic hydroxyl groups is 1. The van der Waals surface area contributed by atoms with Gasteiger partial charge < -0.3 is 19.9 Å². The van der Waals surface area contributed by atoms with Crippen LogP contribution in [0.2, 0.25) is 0 Å². The molecule has 0 radical (unpaired) electrons. The van der Waals surface area contributed by atoms with Crippen molar-refractivity contribution in [3.63, 3.8) is 0 Å².